The number of amides is 3. The molecule has 3 aliphatic rings. The van der Waals surface area contributed by atoms with E-state index in [-0.39, 0.29) is 42.1 Å². The van der Waals surface area contributed by atoms with E-state index < -0.39 is 59.6 Å². The Bertz CT molecular complexity index is 1720. The summed E-state index contributed by atoms with van der Waals surface area (Å²) in [4.78, 5) is 64.7. The fourth-order valence-corrected chi connectivity index (χ4v) is 9.93. The first-order valence-corrected chi connectivity index (χ1v) is 20.9. The van der Waals surface area contributed by atoms with Gasteiger partial charge >= 0.3 is 5.97 Å². The first kappa shape index (κ1) is 43.1. The summed E-state index contributed by atoms with van der Waals surface area (Å²) in [5.41, 5.74) is 0.970. The number of esters is 1. The number of alkyl halides is 1. The third kappa shape index (κ3) is 8.20. The molecule has 56 heavy (non-hydrogen) atoms. The molecule has 0 saturated carbocycles. The molecule has 2 bridgehead atoms. The van der Waals surface area contributed by atoms with Gasteiger partial charge in [0.15, 0.2) is 0 Å². The third-order valence-electron chi connectivity index (χ3n) is 11.8. The number of likely N-dealkylation sites (tertiary alicyclic amines) is 1. The smallest absolute Gasteiger partial charge is 0.313 e. The standard InChI is InChI=1S/C44H59BrN4O7/c1-9-13-19-35(51)46(8)29(7)38(30-17-15-14-16-18-30)55-43(54)36-37-41(52)49(33(27-50)25-28(5)6)40(44(37)26-34(45)39(36)56-44)42(53)48(24-10-2)32-22-20-31(21-23-32)47(11-3)12-4/h9-10,14-18,20-23,28-29,33-34,36-40,50H,1-2,11-13,19,24-27H2,3-8H3/t29-,33+,34?,36+,37-,38+,39+,40+,44-/m0/s1. The van der Waals surface area contributed by atoms with Crippen molar-refractivity contribution < 1.29 is 33.8 Å². The molecule has 2 aromatic rings. The van der Waals surface area contributed by atoms with E-state index in [0.29, 0.717) is 30.5 Å². The van der Waals surface area contributed by atoms with E-state index >= 15 is 9.59 Å². The van der Waals surface area contributed by atoms with Crippen molar-refractivity contribution in [1.29, 1.82) is 0 Å². The predicted octanol–water partition coefficient (Wildman–Crippen LogP) is 6.30. The quantitative estimate of drug-likeness (QED) is 0.0996. The van der Waals surface area contributed by atoms with E-state index in [0.717, 1.165) is 18.8 Å². The molecule has 1 N–H and O–H groups in total. The number of likely N-dealkylation sites (N-methyl/N-ethyl adjacent to an activating group) is 1. The number of nitrogens with zero attached hydrogens (tertiary/aromatic N) is 4. The molecule has 0 aliphatic carbocycles. The van der Waals surface area contributed by atoms with Crippen molar-refractivity contribution in [2.45, 2.75) is 101 Å². The highest BCUT2D eigenvalue weighted by Crippen LogP contribution is 2.61. The van der Waals surface area contributed by atoms with E-state index in [4.69, 9.17) is 9.47 Å². The number of fused-ring (bicyclic) bond motifs is 1. The lowest BCUT2D eigenvalue weighted by atomic mass is 9.70. The van der Waals surface area contributed by atoms with E-state index in [2.05, 4.69) is 47.8 Å². The SMILES string of the molecule is C=CCCC(=O)N(C)[C@@H](C)[C@@H](OC(=O)[C@H]1[C@@H]2O[C@@]3(CC2Br)[C@@H]1C(=O)N([C@@H](CO)CC(C)C)[C@@H]3C(=O)N(CC=C)c1ccc(N(CC)CC)cc1)c1ccccc1. The minimum absolute atomic E-state index is 0.0896. The summed E-state index contributed by atoms with van der Waals surface area (Å²) < 4.78 is 13.3. The number of halogens is 1. The Kier molecular flexibility index (Phi) is 14.3. The summed E-state index contributed by atoms with van der Waals surface area (Å²) in [6, 6.07) is 14.6. The molecule has 0 aromatic heterocycles. The minimum Gasteiger partial charge on any atom is -0.455 e. The molecule has 3 heterocycles. The van der Waals surface area contributed by atoms with Crippen LogP contribution in [0.5, 0.6) is 0 Å². The number of hydrogen-bond acceptors (Lipinski definition) is 8. The van der Waals surface area contributed by atoms with Gasteiger partial charge in [0, 0.05) is 49.3 Å². The van der Waals surface area contributed by atoms with Crippen molar-refractivity contribution in [3.05, 3.63) is 85.5 Å². The van der Waals surface area contributed by atoms with Gasteiger partial charge in [-0.3, -0.25) is 19.2 Å². The molecule has 1 unspecified atom stereocenters. The first-order chi connectivity index (χ1) is 26.8. The second kappa shape index (κ2) is 18.5. The van der Waals surface area contributed by atoms with Gasteiger partial charge in [-0.1, -0.05) is 72.3 Å². The van der Waals surface area contributed by atoms with Crippen LogP contribution in [-0.4, -0.2) is 107 Å². The molecule has 2 aromatic carbocycles. The number of anilines is 2. The summed E-state index contributed by atoms with van der Waals surface area (Å²) in [7, 11) is 1.69. The Labute approximate surface area is 340 Å². The average Bonchev–Trinajstić information content (AvgIpc) is 3.80. The molecule has 3 fully saturated rings. The van der Waals surface area contributed by atoms with E-state index in [1.807, 2.05) is 75.4 Å². The van der Waals surface area contributed by atoms with Gasteiger partial charge in [-0.15, -0.1) is 13.2 Å². The number of carbonyl (C=O) groups excluding carboxylic acids is 4. The van der Waals surface area contributed by atoms with Crippen LogP contribution in [0, 0.1) is 17.8 Å². The van der Waals surface area contributed by atoms with Crippen molar-refractivity contribution in [3.63, 3.8) is 0 Å². The summed E-state index contributed by atoms with van der Waals surface area (Å²) in [5, 5.41) is 10.8. The second-order valence-electron chi connectivity index (χ2n) is 15.6. The maximum Gasteiger partial charge on any atom is 0.313 e. The summed E-state index contributed by atoms with van der Waals surface area (Å²) in [5.74, 6) is -3.55. The highest BCUT2D eigenvalue weighted by Gasteiger charge is 2.77. The van der Waals surface area contributed by atoms with Crippen LogP contribution in [0.4, 0.5) is 11.4 Å². The summed E-state index contributed by atoms with van der Waals surface area (Å²) in [6.45, 7) is 19.1. The molecule has 3 aliphatic heterocycles. The molecule has 11 nitrogen and oxygen atoms in total. The number of allylic oxidation sites excluding steroid dienone is 1. The fourth-order valence-electron chi connectivity index (χ4n) is 8.98. The molecule has 304 valence electrons. The van der Waals surface area contributed by atoms with Gasteiger partial charge in [-0.25, -0.2) is 0 Å². The molecule has 9 atom stereocenters. The van der Waals surface area contributed by atoms with Crippen molar-refractivity contribution in [2.75, 3.05) is 43.1 Å². The number of benzene rings is 2. The Morgan fingerprint density at radius 3 is 2.25 bits per heavy atom. The zero-order valence-corrected chi connectivity index (χ0v) is 35.3. The molecule has 1 spiro atoms. The van der Waals surface area contributed by atoms with Crippen molar-refractivity contribution >= 4 is 51.0 Å². The molecular weight excluding hydrogens is 776 g/mol. The zero-order chi connectivity index (χ0) is 40.9. The Hall–Kier alpha value is -4.00. The molecule has 0 radical (unpaired) electrons. The van der Waals surface area contributed by atoms with Crippen molar-refractivity contribution in [1.82, 2.24) is 9.80 Å². The van der Waals surface area contributed by atoms with Crippen molar-refractivity contribution in [2.24, 2.45) is 17.8 Å². The van der Waals surface area contributed by atoms with Gasteiger partial charge in [0.1, 0.15) is 17.7 Å². The Morgan fingerprint density at radius 2 is 1.68 bits per heavy atom. The second-order valence-corrected chi connectivity index (χ2v) is 16.8. The van der Waals surface area contributed by atoms with Crippen LogP contribution in [0.2, 0.25) is 0 Å². The fraction of sp³-hybridized carbons (Fsp3) is 0.545. The highest BCUT2D eigenvalue weighted by molar-refractivity contribution is 9.09. The molecule has 12 heteroatoms. The topological polar surface area (TPSA) is 120 Å². The minimum atomic E-state index is -1.38. The number of aliphatic hydroxyl groups is 1. The average molecular weight is 836 g/mol. The zero-order valence-electron chi connectivity index (χ0n) is 33.7. The van der Waals surface area contributed by atoms with E-state index in [1.165, 1.54) is 4.90 Å². The number of carbonyl (C=O) groups is 4. The lowest BCUT2D eigenvalue weighted by Gasteiger charge is -2.40. The number of rotatable bonds is 19. The van der Waals surface area contributed by atoms with Crippen LogP contribution >= 0.6 is 15.9 Å². The monoisotopic (exact) mass is 834 g/mol. The molecular formula is C44H59BrN4O7. The summed E-state index contributed by atoms with van der Waals surface area (Å²) in [6.07, 6.45) is 3.23. The summed E-state index contributed by atoms with van der Waals surface area (Å²) >= 11 is 3.78. The largest absolute Gasteiger partial charge is 0.455 e. The van der Waals surface area contributed by atoms with Crippen LogP contribution in [0.15, 0.2) is 79.9 Å². The third-order valence-corrected chi connectivity index (χ3v) is 12.7. The normalized spacial score (nSPS) is 25.3. The van der Waals surface area contributed by atoms with Gasteiger partial charge in [0.25, 0.3) is 5.91 Å². The molecule has 5 rings (SSSR count). The molecule has 3 saturated heterocycles. The van der Waals surface area contributed by atoms with Gasteiger partial charge in [0.05, 0.1) is 36.6 Å². The number of aliphatic hydroxyl groups excluding tert-OH is 1. The van der Waals surface area contributed by atoms with Gasteiger partial charge in [-0.05, 0) is 75.8 Å². The first-order valence-electron chi connectivity index (χ1n) is 19.9. The van der Waals surface area contributed by atoms with Crippen LogP contribution in [-0.2, 0) is 28.7 Å². The van der Waals surface area contributed by atoms with Crippen LogP contribution in [0.3, 0.4) is 0 Å². The lowest BCUT2D eigenvalue weighted by molar-refractivity contribution is -0.165. The Balaban J connectivity index is 1.56. The predicted molar refractivity (Wildman–Crippen MR) is 222 cm³/mol. The van der Waals surface area contributed by atoms with Gasteiger partial charge < -0.3 is 34.2 Å². The van der Waals surface area contributed by atoms with Crippen LogP contribution < -0.4 is 9.80 Å². The lowest BCUT2D eigenvalue weighted by Crippen LogP contribution is -2.59. The van der Waals surface area contributed by atoms with Gasteiger partial charge in [0.2, 0.25) is 11.8 Å². The van der Waals surface area contributed by atoms with Crippen molar-refractivity contribution in [3.8, 4) is 0 Å². The number of hydrogen-bond donors (Lipinski definition) is 1. The highest BCUT2D eigenvalue weighted by atomic mass is 79.9. The Morgan fingerprint density at radius 1 is 1.04 bits per heavy atom. The van der Waals surface area contributed by atoms with Crippen LogP contribution in [0.25, 0.3) is 0 Å². The maximum absolute atomic E-state index is 15.2. The van der Waals surface area contributed by atoms with Crippen LogP contribution in [0.1, 0.15) is 72.0 Å². The maximum atomic E-state index is 15.2. The molecule has 3 amide bonds. The van der Waals surface area contributed by atoms with E-state index in [1.54, 1.807) is 29.0 Å². The van der Waals surface area contributed by atoms with E-state index in [9.17, 15) is 14.7 Å². The number of ether oxygens (including phenoxy) is 2. The van der Waals surface area contributed by atoms with Gasteiger partial charge in [-0.2, -0.15) is 0 Å².